The molecular formula is C25H29ClN6O3. The van der Waals surface area contributed by atoms with Crippen LogP contribution in [0.15, 0.2) is 53.7 Å². The summed E-state index contributed by atoms with van der Waals surface area (Å²) < 4.78 is 0. The van der Waals surface area contributed by atoms with Crippen LogP contribution in [-0.2, 0) is 16.2 Å². The van der Waals surface area contributed by atoms with Crippen LogP contribution < -0.4 is 16.5 Å². The number of likely N-dealkylation sites (N-methyl/N-ethyl adjacent to an activating group) is 1. The zero-order chi connectivity index (χ0) is 25.5. The smallest absolute Gasteiger partial charge is 0.252 e. The molecule has 0 aliphatic heterocycles. The number of aromatic nitrogens is 1. The van der Waals surface area contributed by atoms with Crippen molar-refractivity contribution in [2.24, 2.45) is 10.7 Å². The Labute approximate surface area is 208 Å². The van der Waals surface area contributed by atoms with Crippen molar-refractivity contribution in [2.75, 3.05) is 27.7 Å². The maximum absolute atomic E-state index is 12.6. The molecule has 0 aliphatic rings. The minimum absolute atomic E-state index is 0.0523. The van der Waals surface area contributed by atoms with Crippen LogP contribution in [0.2, 0.25) is 5.02 Å². The van der Waals surface area contributed by atoms with Gasteiger partial charge in [-0.25, -0.2) is 4.99 Å². The van der Waals surface area contributed by atoms with Crippen molar-refractivity contribution < 1.29 is 14.4 Å². The van der Waals surface area contributed by atoms with Gasteiger partial charge in [0.2, 0.25) is 0 Å². The van der Waals surface area contributed by atoms with Gasteiger partial charge in [0.05, 0.1) is 30.9 Å². The van der Waals surface area contributed by atoms with Crippen molar-refractivity contribution in [3.05, 3.63) is 75.9 Å². The van der Waals surface area contributed by atoms with Gasteiger partial charge in [0.1, 0.15) is 0 Å². The Balaban J connectivity index is 1.72. The van der Waals surface area contributed by atoms with Crippen molar-refractivity contribution in [3.8, 4) is 0 Å². The average molecular weight is 497 g/mol. The van der Waals surface area contributed by atoms with Crippen LogP contribution in [0.4, 0.5) is 0 Å². The number of fused-ring (bicyclic) bond motifs is 1. The fourth-order valence-electron chi connectivity index (χ4n) is 3.70. The third-order valence-corrected chi connectivity index (χ3v) is 5.43. The first-order valence-corrected chi connectivity index (χ1v) is 11.2. The fraction of sp³-hybridized carbons (Fsp3) is 0.240. The highest BCUT2D eigenvalue weighted by molar-refractivity contribution is 6.34. The number of ketones is 1. The monoisotopic (exact) mass is 496 g/mol. The van der Waals surface area contributed by atoms with Crippen molar-refractivity contribution in [3.63, 3.8) is 0 Å². The Kier molecular flexibility index (Phi) is 8.64. The Morgan fingerprint density at radius 1 is 1.26 bits per heavy atom. The molecule has 1 heterocycles. The lowest BCUT2D eigenvalue weighted by molar-refractivity contribution is -0.115. The van der Waals surface area contributed by atoms with E-state index in [-0.39, 0.29) is 24.8 Å². The van der Waals surface area contributed by atoms with Gasteiger partial charge in [-0.1, -0.05) is 35.9 Å². The fourth-order valence-corrected chi connectivity index (χ4v) is 4.10. The number of H-pyrrole nitrogens is 1. The highest BCUT2D eigenvalue weighted by atomic mass is 35.5. The first kappa shape index (κ1) is 26.0. The normalized spacial score (nSPS) is 12.3. The lowest BCUT2D eigenvalue weighted by Crippen LogP contribution is -2.36. The standard InChI is InChI=1S/C25H29ClN6O3/c1-15-9-16(10-19(26)24(15)22(33)14-32(2)3)12-29-25(27)30-23(34)11-21(31-35-4)18-13-28-20-8-6-5-7-17(18)20/h5-11,13,28,31H,12,14H2,1-4H3,(H3,27,29,30,34). The van der Waals surface area contributed by atoms with Gasteiger partial charge < -0.3 is 15.6 Å². The number of aromatic amines is 1. The largest absolute Gasteiger partial charge is 0.370 e. The van der Waals surface area contributed by atoms with Gasteiger partial charge in [0.15, 0.2) is 11.7 Å². The number of rotatable bonds is 9. The van der Waals surface area contributed by atoms with Crippen LogP contribution in [0.3, 0.4) is 0 Å². The molecule has 2 aromatic carbocycles. The number of benzene rings is 2. The van der Waals surface area contributed by atoms with Crippen LogP contribution in [0.1, 0.15) is 27.0 Å². The van der Waals surface area contributed by atoms with Crippen LogP contribution in [0.25, 0.3) is 16.6 Å². The number of guanidine groups is 1. The van der Waals surface area contributed by atoms with Crippen molar-refractivity contribution >= 4 is 45.9 Å². The maximum Gasteiger partial charge on any atom is 0.252 e. The van der Waals surface area contributed by atoms with E-state index in [9.17, 15) is 9.59 Å². The summed E-state index contributed by atoms with van der Waals surface area (Å²) in [6.45, 7) is 2.28. The number of Topliss-reactive ketones (excluding diaryl/α,β-unsaturated/α-hetero) is 1. The lowest BCUT2D eigenvalue weighted by Gasteiger charge is -2.13. The number of nitrogens with one attached hydrogen (secondary N) is 3. The number of aryl methyl sites for hydroxylation is 1. The van der Waals surface area contributed by atoms with Gasteiger partial charge in [0, 0.05) is 34.3 Å². The number of hydrogen-bond donors (Lipinski definition) is 4. The number of nitrogens with two attached hydrogens (primary N) is 1. The summed E-state index contributed by atoms with van der Waals surface area (Å²) in [5.41, 5.74) is 12.8. The molecule has 3 rings (SSSR count). The molecule has 9 nitrogen and oxygen atoms in total. The molecule has 5 N–H and O–H groups in total. The molecular weight excluding hydrogens is 468 g/mol. The minimum Gasteiger partial charge on any atom is -0.370 e. The van der Waals surface area contributed by atoms with Gasteiger partial charge in [0.25, 0.3) is 5.91 Å². The van der Waals surface area contributed by atoms with E-state index in [0.717, 1.165) is 27.6 Å². The average Bonchev–Trinajstić information content (AvgIpc) is 3.20. The first-order valence-electron chi connectivity index (χ1n) is 10.8. The molecule has 0 unspecified atom stereocenters. The van der Waals surface area contributed by atoms with Crippen LogP contribution in [0, 0.1) is 6.92 Å². The van der Waals surface area contributed by atoms with E-state index in [1.165, 1.54) is 13.2 Å². The highest BCUT2D eigenvalue weighted by Gasteiger charge is 2.16. The van der Waals surface area contributed by atoms with Crippen molar-refractivity contribution in [1.82, 2.24) is 20.7 Å². The number of halogens is 1. The summed E-state index contributed by atoms with van der Waals surface area (Å²) in [5, 5.41) is 3.83. The predicted molar refractivity (Wildman–Crippen MR) is 139 cm³/mol. The molecule has 0 spiro atoms. The van der Waals surface area contributed by atoms with Crippen LogP contribution in [-0.4, -0.2) is 55.3 Å². The van der Waals surface area contributed by atoms with Crippen molar-refractivity contribution in [2.45, 2.75) is 13.5 Å². The minimum atomic E-state index is -0.477. The van der Waals surface area contributed by atoms with Crippen LogP contribution in [0.5, 0.6) is 0 Å². The number of carbonyl (C=O) groups excluding carboxylic acids is 2. The summed E-state index contributed by atoms with van der Waals surface area (Å²) in [7, 11) is 5.11. The van der Waals surface area contributed by atoms with Crippen molar-refractivity contribution in [1.29, 1.82) is 0 Å². The molecule has 0 radical (unpaired) electrons. The molecule has 0 saturated heterocycles. The Morgan fingerprint density at radius 2 is 2.00 bits per heavy atom. The highest BCUT2D eigenvalue weighted by Crippen LogP contribution is 2.24. The number of carbonyl (C=O) groups is 2. The van der Waals surface area contributed by atoms with E-state index in [1.807, 2.05) is 51.4 Å². The van der Waals surface area contributed by atoms with Gasteiger partial charge in [-0.15, -0.1) is 0 Å². The Bertz CT molecular complexity index is 1270. The first-order chi connectivity index (χ1) is 16.7. The molecule has 0 bridgehead atoms. The molecule has 3 aromatic rings. The van der Waals surface area contributed by atoms with Crippen LogP contribution >= 0.6 is 11.6 Å². The topological polar surface area (TPSA) is 125 Å². The second-order valence-electron chi connectivity index (χ2n) is 8.23. The number of aliphatic imine (C=N–C) groups is 1. The SMILES string of the molecule is CONC(=CC(=O)NC(N)=NCc1cc(C)c(C(=O)CN(C)C)c(Cl)c1)c1c[nH]c2ccccc12. The summed E-state index contributed by atoms with van der Waals surface area (Å²) in [6.07, 6.45) is 3.12. The second-order valence-corrected chi connectivity index (χ2v) is 8.64. The van der Waals surface area contributed by atoms with Gasteiger partial charge in [-0.3, -0.25) is 25.2 Å². The summed E-state index contributed by atoms with van der Waals surface area (Å²) in [5.74, 6) is -0.583. The lowest BCUT2D eigenvalue weighted by atomic mass is 10.0. The molecule has 0 fully saturated rings. The zero-order valence-corrected chi connectivity index (χ0v) is 20.9. The summed E-state index contributed by atoms with van der Waals surface area (Å²) in [6, 6.07) is 11.2. The molecule has 0 saturated carbocycles. The molecule has 184 valence electrons. The number of para-hydroxylation sites is 1. The van der Waals surface area contributed by atoms with Gasteiger partial charge in [-0.05, 0) is 44.3 Å². The number of amides is 1. The molecule has 1 amide bonds. The van der Waals surface area contributed by atoms with Gasteiger partial charge in [-0.2, -0.15) is 0 Å². The van der Waals surface area contributed by atoms with Gasteiger partial charge >= 0.3 is 0 Å². The summed E-state index contributed by atoms with van der Waals surface area (Å²) >= 11 is 6.37. The second kappa shape index (κ2) is 11.7. The Morgan fingerprint density at radius 3 is 2.69 bits per heavy atom. The zero-order valence-electron chi connectivity index (χ0n) is 20.1. The molecule has 0 atom stereocenters. The number of hydroxylamine groups is 1. The quantitative estimate of drug-likeness (QED) is 0.119. The maximum atomic E-state index is 12.6. The molecule has 10 heteroatoms. The van der Waals surface area contributed by atoms with E-state index in [1.54, 1.807) is 17.2 Å². The third kappa shape index (κ3) is 6.69. The number of hydrogen-bond acceptors (Lipinski definition) is 6. The molecule has 0 aliphatic carbocycles. The summed E-state index contributed by atoms with van der Waals surface area (Å²) in [4.78, 5) is 39.2. The number of nitrogens with zero attached hydrogens (tertiary/aromatic N) is 2. The van der Waals surface area contributed by atoms with E-state index in [2.05, 4.69) is 20.8 Å². The molecule has 35 heavy (non-hydrogen) atoms. The predicted octanol–water partition coefficient (Wildman–Crippen LogP) is 3.00. The molecule has 1 aromatic heterocycles. The Hall–Kier alpha value is -3.66. The van der Waals surface area contributed by atoms with E-state index in [4.69, 9.17) is 22.2 Å². The van der Waals surface area contributed by atoms with E-state index in [0.29, 0.717) is 16.3 Å². The van der Waals surface area contributed by atoms with E-state index < -0.39 is 5.91 Å². The third-order valence-electron chi connectivity index (χ3n) is 5.14. The van der Waals surface area contributed by atoms with E-state index >= 15 is 0 Å².